The number of guanidine groups is 1. The minimum absolute atomic E-state index is 0.669. The molecule has 6 nitrogen and oxygen atoms in total. The average molecular weight is 363 g/mol. The zero-order valence-corrected chi connectivity index (χ0v) is 17.4. The fourth-order valence-corrected chi connectivity index (χ4v) is 3.79. The SMILES string of the molecule is CCNC(=NCc1c(C)nn(C)c1C)NCCCN(C)C1CCCCC1. The van der Waals surface area contributed by atoms with Gasteiger partial charge in [-0.25, -0.2) is 4.99 Å². The summed E-state index contributed by atoms with van der Waals surface area (Å²) >= 11 is 0. The molecule has 0 spiro atoms. The predicted molar refractivity (Wildman–Crippen MR) is 110 cm³/mol. The predicted octanol–water partition coefficient (Wildman–Crippen LogP) is 2.75. The highest BCUT2D eigenvalue weighted by atomic mass is 15.3. The first kappa shape index (κ1) is 20.7. The van der Waals surface area contributed by atoms with E-state index >= 15 is 0 Å². The molecule has 1 heterocycles. The second-order valence-corrected chi connectivity index (χ2v) is 7.52. The van der Waals surface area contributed by atoms with E-state index in [2.05, 4.69) is 48.5 Å². The van der Waals surface area contributed by atoms with Crippen molar-refractivity contribution in [2.24, 2.45) is 12.0 Å². The lowest BCUT2D eigenvalue weighted by Crippen LogP contribution is -2.39. The second kappa shape index (κ2) is 10.6. The van der Waals surface area contributed by atoms with Crippen LogP contribution in [0.15, 0.2) is 4.99 Å². The van der Waals surface area contributed by atoms with Crippen LogP contribution in [0.3, 0.4) is 0 Å². The van der Waals surface area contributed by atoms with Gasteiger partial charge < -0.3 is 15.5 Å². The van der Waals surface area contributed by atoms with Gasteiger partial charge in [-0.15, -0.1) is 0 Å². The Hall–Kier alpha value is -1.56. The second-order valence-electron chi connectivity index (χ2n) is 7.52. The normalized spacial score (nSPS) is 16.3. The van der Waals surface area contributed by atoms with Crippen molar-refractivity contribution in [2.45, 2.75) is 71.9 Å². The minimum Gasteiger partial charge on any atom is -0.357 e. The highest BCUT2D eigenvalue weighted by Gasteiger charge is 2.17. The van der Waals surface area contributed by atoms with Crippen molar-refractivity contribution in [3.05, 3.63) is 17.0 Å². The molecule has 1 aromatic rings. The smallest absolute Gasteiger partial charge is 0.191 e. The quantitative estimate of drug-likeness (QED) is 0.424. The Morgan fingerprint density at radius 3 is 2.58 bits per heavy atom. The van der Waals surface area contributed by atoms with Crippen molar-refractivity contribution in [2.75, 3.05) is 26.7 Å². The first-order valence-electron chi connectivity index (χ1n) is 10.2. The highest BCUT2D eigenvalue weighted by Crippen LogP contribution is 2.21. The monoisotopic (exact) mass is 362 g/mol. The summed E-state index contributed by atoms with van der Waals surface area (Å²) in [4.78, 5) is 7.30. The number of aliphatic imine (C=N–C) groups is 1. The molecule has 1 fully saturated rings. The van der Waals surface area contributed by atoms with Gasteiger partial charge >= 0.3 is 0 Å². The molecule has 2 N–H and O–H groups in total. The third kappa shape index (κ3) is 6.01. The molecule has 0 aliphatic heterocycles. The van der Waals surface area contributed by atoms with Crippen molar-refractivity contribution >= 4 is 5.96 Å². The van der Waals surface area contributed by atoms with Crippen LogP contribution in [0.1, 0.15) is 62.4 Å². The van der Waals surface area contributed by atoms with E-state index in [0.29, 0.717) is 6.54 Å². The fourth-order valence-electron chi connectivity index (χ4n) is 3.79. The number of aromatic nitrogens is 2. The maximum Gasteiger partial charge on any atom is 0.191 e. The van der Waals surface area contributed by atoms with E-state index in [9.17, 15) is 0 Å². The van der Waals surface area contributed by atoms with Gasteiger partial charge in [0, 0.05) is 37.4 Å². The van der Waals surface area contributed by atoms with Crippen LogP contribution in [-0.2, 0) is 13.6 Å². The first-order chi connectivity index (χ1) is 12.5. The van der Waals surface area contributed by atoms with Gasteiger partial charge in [0.2, 0.25) is 0 Å². The van der Waals surface area contributed by atoms with E-state index in [1.165, 1.54) is 43.4 Å². The van der Waals surface area contributed by atoms with Gasteiger partial charge in [0.05, 0.1) is 12.2 Å². The molecule has 1 aromatic heterocycles. The Kier molecular flexibility index (Phi) is 8.42. The summed E-state index contributed by atoms with van der Waals surface area (Å²) in [5.74, 6) is 0.899. The molecule has 0 aromatic carbocycles. The summed E-state index contributed by atoms with van der Waals surface area (Å²) in [6.07, 6.45) is 8.11. The Morgan fingerprint density at radius 1 is 1.23 bits per heavy atom. The first-order valence-corrected chi connectivity index (χ1v) is 10.2. The Balaban J connectivity index is 1.78. The lowest BCUT2D eigenvalue weighted by molar-refractivity contribution is 0.190. The third-order valence-corrected chi connectivity index (χ3v) is 5.58. The largest absolute Gasteiger partial charge is 0.357 e. The van der Waals surface area contributed by atoms with E-state index in [1.807, 2.05) is 11.7 Å². The van der Waals surface area contributed by atoms with Crippen LogP contribution < -0.4 is 10.6 Å². The summed E-state index contributed by atoms with van der Waals surface area (Å²) in [5.41, 5.74) is 3.48. The number of nitrogens with one attached hydrogen (secondary N) is 2. The van der Waals surface area contributed by atoms with Crippen LogP contribution in [-0.4, -0.2) is 53.4 Å². The Bertz CT molecular complexity index is 571. The topological polar surface area (TPSA) is 57.5 Å². The van der Waals surface area contributed by atoms with Crippen LogP contribution in [0.2, 0.25) is 0 Å². The molecule has 0 atom stereocenters. The molecule has 0 bridgehead atoms. The van der Waals surface area contributed by atoms with Gasteiger partial charge in [-0.3, -0.25) is 4.68 Å². The maximum absolute atomic E-state index is 4.75. The highest BCUT2D eigenvalue weighted by molar-refractivity contribution is 5.79. The van der Waals surface area contributed by atoms with Crippen molar-refractivity contribution in [1.29, 1.82) is 0 Å². The molecular formula is C20H38N6. The molecule has 0 amide bonds. The van der Waals surface area contributed by atoms with Gasteiger partial charge in [0.15, 0.2) is 5.96 Å². The van der Waals surface area contributed by atoms with Crippen LogP contribution in [0.5, 0.6) is 0 Å². The molecule has 6 heteroatoms. The molecule has 148 valence electrons. The van der Waals surface area contributed by atoms with Gasteiger partial charge in [-0.05, 0) is 53.6 Å². The third-order valence-electron chi connectivity index (χ3n) is 5.58. The molecule has 1 aliphatic carbocycles. The maximum atomic E-state index is 4.75. The number of rotatable bonds is 8. The molecule has 1 aliphatic rings. The van der Waals surface area contributed by atoms with Crippen molar-refractivity contribution in [3.8, 4) is 0 Å². The van der Waals surface area contributed by atoms with E-state index in [-0.39, 0.29) is 0 Å². The van der Waals surface area contributed by atoms with E-state index < -0.39 is 0 Å². The molecule has 1 saturated carbocycles. The average Bonchev–Trinajstić information content (AvgIpc) is 2.89. The van der Waals surface area contributed by atoms with Crippen LogP contribution in [0, 0.1) is 13.8 Å². The number of nitrogens with zero attached hydrogens (tertiary/aromatic N) is 4. The minimum atomic E-state index is 0.669. The lowest BCUT2D eigenvalue weighted by Gasteiger charge is -2.31. The van der Waals surface area contributed by atoms with Crippen LogP contribution in [0.25, 0.3) is 0 Å². The van der Waals surface area contributed by atoms with Gasteiger partial charge in [-0.2, -0.15) is 5.10 Å². The zero-order valence-electron chi connectivity index (χ0n) is 17.4. The summed E-state index contributed by atoms with van der Waals surface area (Å²) < 4.78 is 1.93. The molecule has 0 radical (unpaired) electrons. The van der Waals surface area contributed by atoms with E-state index in [4.69, 9.17) is 4.99 Å². The molecule has 0 unspecified atom stereocenters. The van der Waals surface area contributed by atoms with Crippen molar-refractivity contribution in [1.82, 2.24) is 25.3 Å². The van der Waals surface area contributed by atoms with Crippen molar-refractivity contribution in [3.63, 3.8) is 0 Å². The van der Waals surface area contributed by atoms with Gasteiger partial charge in [0.25, 0.3) is 0 Å². The summed E-state index contributed by atoms with van der Waals surface area (Å²) in [6.45, 7) is 9.91. The molecule has 0 saturated heterocycles. The zero-order chi connectivity index (χ0) is 18.9. The number of hydrogen-bond donors (Lipinski definition) is 2. The van der Waals surface area contributed by atoms with E-state index in [1.54, 1.807) is 0 Å². The van der Waals surface area contributed by atoms with Gasteiger partial charge in [-0.1, -0.05) is 19.3 Å². The van der Waals surface area contributed by atoms with Gasteiger partial charge in [0.1, 0.15) is 0 Å². The molecule has 2 rings (SSSR count). The number of hydrogen-bond acceptors (Lipinski definition) is 3. The van der Waals surface area contributed by atoms with Crippen LogP contribution in [0.4, 0.5) is 0 Å². The van der Waals surface area contributed by atoms with E-state index in [0.717, 1.165) is 43.8 Å². The molecular weight excluding hydrogens is 324 g/mol. The standard InChI is InChI=1S/C20H38N6/c1-6-21-20(23-15-19-16(2)24-26(5)17(19)3)22-13-10-14-25(4)18-11-8-7-9-12-18/h18H,6-15H2,1-5H3,(H2,21,22,23). The lowest BCUT2D eigenvalue weighted by atomic mass is 9.94. The Labute approximate surface area is 159 Å². The molecule has 26 heavy (non-hydrogen) atoms. The van der Waals surface area contributed by atoms with Crippen LogP contribution >= 0.6 is 0 Å². The number of aryl methyl sites for hydroxylation is 2. The Morgan fingerprint density at radius 2 is 1.96 bits per heavy atom. The summed E-state index contributed by atoms with van der Waals surface area (Å²) in [7, 11) is 4.27. The summed E-state index contributed by atoms with van der Waals surface area (Å²) in [6, 6.07) is 0.794. The fraction of sp³-hybridized carbons (Fsp3) is 0.800. The summed E-state index contributed by atoms with van der Waals surface area (Å²) in [5, 5.41) is 11.3. The van der Waals surface area contributed by atoms with Crippen molar-refractivity contribution < 1.29 is 0 Å².